The third-order valence-corrected chi connectivity index (χ3v) is 5.94. The molecule has 0 radical (unpaired) electrons. The molecule has 2 heterocycles. The lowest BCUT2D eigenvalue weighted by molar-refractivity contribution is 0.0912. The fraction of sp³-hybridized carbons (Fsp3) is 0.148. The second-order valence-electron chi connectivity index (χ2n) is 8.82. The van der Waals surface area contributed by atoms with Gasteiger partial charge in [0.1, 0.15) is 0 Å². The SMILES string of the molecule is CC(C)CNC(=O)c1cc(N2C(=O)c3ccccc3C2=O)cc(N2C(=O)c3ccccc3C2=O)c1. The molecular formula is C27H21N3O5. The molecule has 3 aromatic carbocycles. The van der Waals surface area contributed by atoms with Crippen LogP contribution in [-0.2, 0) is 0 Å². The van der Waals surface area contributed by atoms with Crippen molar-refractivity contribution in [1.82, 2.24) is 5.32 Å². The van der Waals surface area contributed by atoms with Gasteiger partial charge >= 0.3 is 0 Å². The number of hydrogen-bond acceptors (Lipinski definition) is 5. The third-order valence-electron chi connectivity index (χ3n) is 5.94. The molecule has 8 nitrogen and oxygen atoms in total. The van der Waals surface area contributed by atoms with Crippen LogP contribution in [0.4, 0.5) is 11.4 Å². The lowest BCUT2D eigenvalue weighted by atomic mass is 10.1. The lowest BCUT2D eigenvalue weighted by Crippen LogP contribution is -2.33. The molecule has 2 aliphatic heterocycles. The van der Waals surface area contributed by atoms with Crippen molar-refractivity contribution in [3.8, 4) is 0 Å². The number of nitrogens with one attached hydrogen (secondary N) is 1. The zero-order chi connectivity index (χ0) is 24.9. The van der Waals surface area contributed by atoms with E-state index in [4.69, 9.17) is 0 Å². The van der Waals surface area contributed by atoms with Crippen molar-refractivity contribution in [1.29, 1.82) is 0 Å². The number of benzene rings is 3. The van der Waals surface area contributed by atoms with Crippen LogP contribution in [0.2, 0.25) is 0 Å². The van der Waals surface area contributed by atoms with Crippen molar-refractivity contribution >= 4 is 40.9 Å². The Balaban J connectivity index is 1.62. The molecule has 5 amide bonds. The summed E-state index contributed by atoms with van der Waals surface area (Å²) >= 11 is 0. The summed E-state index contributed by atoms with van der Waals surface area (Å²) < 4.78 is 0. The molecule has 174 valence electrons. The van der Waals surface area contributed by atoms with Crippen LogP contribution in [0.1, 0.15) is 65.6 Å². The maximum atomic E-state index is 13.1. The van der Waals surface area contributed by atoms with Crippen LogP contribution < -0.4 is 15.1 Å². The van der Waals surface area contributed by atoms with Gasteiger partial charge in [-0.2, -0.15) is 0 Å². The average molecular weight is 467 g/mol. The molecule has 0 unspecified atom stereocenters. The summed E-state index contributed by atoms with van der Waals surface area (Å²) in [6.45, 7) is 4.29. The second kappa shape index (κ2) is 8.32. The molecule has 1 N–H and O–H groups in total. The summed E-state index contributed by atoms with van der Waals surface area (Å²) in [5, 5.41) is 2.80. The Morgan fingerprint density at radius 2 is 1.06 bits per heavy atom. The Morgan fingerprint density at radius 3 is 1.40 bits per heavy atom. The van der Waals surface area contributed by atoms with E-state index < -0.39 is 29.5 Å². The molecule has 2 aliphatic rings. The first-order valence-electron chi connectivity index (χ1n) is 11.2. The van der Waals surface area contributed by atoms with Gasteiger partial charge in [-0.1, -0.05) is 38.1 Å². The third kappa shape index (κ3) is 3.59. The van der Waals surface area contributed by atoms with Gasteiger partial charge in [-0.15, -0.1) is 0 Å². The maximum Gasteiger partial charge on any atom is 0.266 e. The van der Waals surface area contributed by atoms with Crippen LogP contribution in [0.25, 0.3) is 0 Å². The Morgan fingerprint density at radius 1 is 0.686 bits per heavy atom. The highest BCUT2D eigenvalue weighted by Crippen LogP contribution is 2.35. The Kier molecular flexibility index (Phi) is 5.28. The van der Waals surface area contributed by atoms with Crippen molar-refractivity contribution in [2.45, 2.75) is 13.8 Å². The van der Waals surface area contributed by atoms with Gasteiger partial charge in [0.25, 0.3) is 29.5 Å². The molecule has 3 aromatic rings. The minimum Gasteiger partial charge on any atom is -0.352 e. The first-order valence-corrected chi connectivity index (χ1v) is 11.2. The molecule has 0 spiro atoms. The smallest absolute Gasteiger partial charge is 0.266 e. The first kappa shape index (κ1) is 22.2. The largest absolute Gasteiger partial charge is 0.352 e. The quantitative estimate of drug-likeness (QED) is 0.577. The zero-order valence-corrected chi connectivity index (χ0v) is 19.1. The molecule has 8 heteroatoms. The number of anilines is 2. The molecular weight excluding hydrogens is 446 g/mol. The van der Waals surface area contributed by atoms with Crippen LogP contribution in [0.15, 0.2) is 66.7 Å². The van der Waals surface area contributed by atoms with E-state index in [-0.39, 0.29) is 45.1 Å². The number of carbonyl (C=O) groups excluding carboxylic acids is 5. The van der Waals surface area contributed by atoms with Crippen molar-refractivity contribution in [2.24, 2.45) is 5.92 Å². The van der Waals surface area contributed by atoms with Crippen molar-refractivity contribution in [2.75, 3.05) is 16.3 Å². The Bertz CT molecular complexity index is 1280. The van der Waals surface area contributed by atoms with Crippen LogP contribution in [0.3, 0.4) is 0 Å². The van der Waals surface area contributed by atoms with Gasteiger partial charge in [-0.25, -0.2) is 9.80 Å². The van der Waals surface area contributed by atoms with Gasteiger partial charge < -0.3 is 5.32 Å². The van der Waals surface area contributed by atoms with Gasteiger partial charge in [0.05, 0.1) is 33.6 Å². The molecule has 0 bridgehead atoms. The average Bonchev–Trinajstić information content (AvgIpc) is 3.27. The van der Waals surface area contributed by atoms with Gasteiger partial charge in [0, 0.05) is 12.1 Å². The van der Waals surface area contributed by atoms with E-state index in [0.717, 1.165) is 9.80 Å². The van der Waals surface area contributed by atoms with E-state index in [2.05, 4.69) is 5.32 Å². The molecule has 0 aliphatic carbocycles. The molecule has 5 rings (SSSR count). The molecule has 0 saturated heterocycles. The van der Waals surface area contributed by atoms with Crippen molar-refractivity contribution in [3.63, 3.8) is 0 Å². The molecule has 0 fully saturated rings. The van der Waals surface area contributed by atoms with Crippen molar-refractivity contribution < 1.29 is 24.0 Å². The second-order valence-corrected chi connectivity index (χ2v) is 8.82. The topological polar surface area (TPSA) is 104 Å². The predicted molar refractivity (Wildman–Crippen MR) is 129 cm³/mol. The minimum absolute atomic E-state index is 0.0972. The fourth-order valence-electron chi connectivity index (χ4n) is 4.23. The zero-order valence-electron chi connectivity index (χ0n) is 19.1. The molecule has 0 aromatic heterocycles. The Labute approximate surface area is 201 Å². The van der Waals surface area contributed by atoms with E-state index in [0.29, 0.717) is 6.54 Å². The number of carbonyl (C=O) groups is 5. The van der Waals surface area contributed by atoms with Gasteiger partial charge in [0.15, 0.2) is 0 Å². The lowest BCUT2D eigenvalue weighted by Gasteiger charge is -2.20. The van der Waals surface area contributed by atoms with Gasteiger partial charge in [0.2, 0.25) is 0 Å². The Hall–Kier alpha value is -4.59. The number of hydrogen-bond donors (Lipinski definition) is 1. The fourth-order valence-corrected chi connectivity index (χ4v) is 4.23. The first-order chi connectivity index (χ1) is 16.8. The van der Waals surface area contributed by atoms with Crippen LogP contribution in [-0.4, -0.2) is 36.1 Å². The van der Waals surface area contributed by atoms with E-state index >= 15 is 0 Å². The van der Waals surface area contributed by atoms with Gasteiger partial charge in [-0.05, 0) is 48.4 Å². The predicted octanol–water partition coefficient (Wildman–Crippen LogP) is 3.67. The van der Waals surface area contributed by atoms with Crippen LogP contribution in [0.5, 0.6) is 0 Å². The minimum atomic E-state index is -0.543. The summed E-state index contributed by atoms with van der Waals surface area (Å²) in [5.74, 6) is -2.43. The van der Waals surface area contributed by atoms with Crippen LogP contribution in [0, 0.1) is 5.92 Å². The number of imide groups is 2. The summed E-state index contributed by atoms with van der Waals surface area (Å²) in [7, 11) is 0. The van der Waals surface area contributed by atoms with Gasteiger partial charge in [-0.3, -0.25) is 24.0 Å². The summed E-state index contributed by atoms with van der Waals surface area (Å²) in [5.41, 5.74) is 1.29. The molecule has 35 heavy (non-hydrogen) atoms. The highest BCUT2D eigenvalue weighted by Gasteiger charge is 2.39. The molecule has 0 atom stereocenters. The standard InChI is InChI=1S/C27H21N3O5/c1-15(2)14-28-23(31)16-11-17(29-24(32)19-7-3-4-8-20(19)25(29)33)13-18(12-16)30-26(34)21-9-5-6-10-22(21)27(30)35/h3-13,15H,14H2,1-2H3,(H,28,31). The summed E-state index contributed by atoms with van der Waals surface area (Å²) in [6, 6.07) is 17.1. The monoisotopic (exact) mass is 467 g/mol. The van der Waals surface area contributed by atoms with Crippen LogP contribution >= 0.6 is 0 Å². The van der Waals surface area contributed by atoms with E-state index in [1.54, 1.807) is 48.5 Å². The normalized spacial score (nSPS) is 14.6. The summed E-state index contributed by atoms with van der Waals surface area (Å²) in [6.07, 6.45) is 0. The van der Waals surface area contributed by atoms with E-state index in [1.165, 1.54) is 18.2 Å². The summed E-state index contributed by atoms with van der Waals surface area (Å²) in [4.78, 5) is 67.3. The maximum absolute atomic E-state index is 13.1. The number of nitrogens with zero attached hydrogens (tertiary/aromatic N) is 2. The number of fused-ring (bicyclic) bond motifs is 2. The highest BCUT2D eigenvalue weighted by atomic mass is 16.2. The van der Waals surface area contributed by atoms with E-state index in [1.807, 2.05) is 13.8 Å². The molecule has 0 saturated carbocycles. The van der Waals surface area contributed by atoms with E-state index in [9.17, 15) is 24.0 Å². The van der Waals surface area contributed by atoms with Crippen molar-refractivity contribution in [3.05, 3.63) is 94.5 Å². The number of amides is 5. The highest BCUT2D eigenvalue weighted by molar-refractivity contribution is 6.36. The number of rotatable bonds is 5.